The van der Waals surface area contributed by atoms with Crippen molar-refractivity contribution in [2.24, 2.45) is 5.92 Å². The molecule has 0 aromatic heterocycles. The van der Waals surface area contributed by atoms with Gasteiger partial charge in [-0.05, 0) is 56.1 Å². The molecule has 6 nitrogen and oxygen atoms in total. The molecule has 1 aliphatic rings. The highest BCUT2D eigenvalue weighted by molar-refractivity contribution is 7.89. The van der Waals surface area contributed by atoms with Crippen molar-refractivity contribution < 1.29 is 26.4 Å². The molecule has 1 unspecified atom stereocenters. The van der Waals surface area contributed by atoms with E-state index < -0.39 is 28.7 Å². The molecule has 1 aliphatic heterocycles. The molecule has 1 fully saturated rings. The van der Waals surface area contributed by atoms with Crippen LogP contribution >= 0.6 is 12.4 Å². The molecule has 0 spiro atoms. The first-order valence-corrected chi connectivity index (χ1v) is 9.31. The lowest BCUT2D eigenvalue weighted by Gasteiger charge is -2.11. The van der Waals surface area contributed by atoms with Crippen molar-refractivity contribution in [3.8, 4) is 0 Å². The molecule has 0 saturated carbocycles. The normalized spacial score (nSPS) is 17.6. The fourth-order valence-electron chi connectivity index (χ4n) is 2.51. The van der Waals surface area contributed by atoms with Gasteiger partial charge in [-0.1, -0.05) is 0 Å². The van der Waals surface area contributed by atoms with E-state index in [9.17, 15) is 26.4 Å². The van der Waals surface area contributed by atoms with Gasteiger partial charge in [0.1, 0.15) is 6.54 Å². The van der Waals surface area contributed by atoms with Crippen LogP contribution in [-0.2, 0) is 10.0 Å². The van der Waals surface area contributed by atoms with Crippen LogP contribution in [0.15, 0.2) is 29.2 Å². The van der Waals surface area contributed by atoms with Gasteiger partial charge < -0.3 is 10.6 Å². The second-order valence-corrected chi connectivity index (χ2v) is 7.63. The van der Waals surface area contributed by atoms with Gasteiger partial charge in [-0.2, -0.15) is 13.2 Å². The molecule has 1 aromatic rings. The summed E-state index contributed by atoms with van der Waals surface area (Å²) in [7, 11) is -3.71. The van der Waals surface area contributed by atoms with Crippen LogP contribution in [0.3, 0.4) is 0 Å². The first-order valence-electron chi connectivity index (χ1n) is 7.83. The van der Waals surface area contributed by atoms with Crippen molar-refractivity contribution in [2.45, 2.75) is 23.9 Å². The molecular weight excluding hydrogens is 395 g/mol. The molecule has 1 aromatic carbocycles. The molecule has 0 radical (unpaired) electrons. The molecule has 148 valence electrons. The second kappa shape index (κ2) is 9.54. The van der Waals surface area contributed by atoms with Crippen LogP contribution in [-0.4, -0.2) is 46.7 Å². The van der Waals surface area contributed by atoms with E-state index in [4.69, 9.17) is 0 Å². The summed E-state index contributed by atoms with van der Waals surface area (Å²) in [6.45, 7) is 0.685. The zero-order valence-electron chi connectivity index (χ0n) is 13.8. The van der Waals surface area contributed by atoms with Crippen molar-refractivity contribution in [3.63, 3.8) is 0 Å². The summed E-state index contributed by atoms with van der Waals surface area (Å²) >= 11 is 0. The number of amides is 1. The van der Waals surface area contributed by atoms with Crippen molar-refractivity contribution in [2.75, 3.05) is 26.2 Å². The number of nitrogens with one attached hydrogen (secondary N) is 3. The van der Waals surface area contributed by atoms with Gasteiger partial charge in [-0.3, -0.25) is 4.79 Å². The molecule has 1 heterocycles. The van der Waals surface area contributed by atoms with Gasteiger partial charge in [0.2, 0.25) is 10.0 Å². The zero-order valence-corrected chi connectivity index (χ0v) is 15.4. The average Bonchev–Trinajstić information content (AvgIpc) is 3.05. The Hall–Kier alpha value is -1.36. The van der Waals surface area contributed by atoms with E-state index in [1.165, 1.54) is 24.3 Å². The standard InChI is InChI=1S/C15H20F3N3O3S.ClH/c16-15(17,18)10-20-14(22)12-1-3-13(4-2-12)25(23,24)21-8-6-11-5-7-19-9-11;/h1-4,11,19,21H,5-10H2,(H,20,22);1H. The van der Waals surface area contributed by atoms with Crippen LogP contribution < -0.4 is 15.4 Å². The third kappa shape index (κ3) is 7.10. The quantitative estimate of drug-likeness (QED) is 0.632. The molecule has 0 bridgehead atoms. The summed E-state index contributed by atoms with van der Waals surface area (Å²) in [6, 6.07) is 4.76. The number of hydrogen-bond donors (Lipinski definition) is 3. The molecule has 3 N–H and O–H groups in total. The van der Waals surface area contributed by atoms with Crippen LogP contribution in [0.5, 0.6) is 0 Å². The highest BCUT2D eigenvalue weighted by Crippen LogP contribution is 2.15. The molecule has 1 saturated heterocycles. The number of alkyl halides is 3. The summed E-state index contributed by atoms with van der Waals surface area (Å²) in [5, 5.41) is 4.93. The highest BCUT2D eigenvalue weighted by Gasteiger charge is 2.28. The van der Waals surface area contributed by atoms with Crippen molar-refractivity contribution in [1.29, 1.82) is 0 Å². The van der Waals surface area contributed by atoms with Gasteiger partial charge in [0.05, 0.1) is 4.90 Å². The van der Waals surface area contributed by atoms with E-state index >= 15 is 0 Å². The fourth-order valence-corrected chi connectivity index (χ4v) is 3.56. The Kier molecular flexibility index (Phi) is 8.32. The molecule has 2 rings (SSSR count). The molecule has 1 atom stereocenters. The van der Waals surface area contributed by atoms with Crippen LogP contribution in [0.1, 0.15) is 23.2 Å². The van der Waals surface area contributed by atoms with Crippen molar-refractivity contribution >= 4 is 28.3 Å². The minimum atomic E-state index is -4.50. The lowest BCUT2D eigenvalue weighted by molar-refractivity contribution is -0.123. The lowest BCUT2D eigenvalue weighted by Crippen LogP contribution is -2.33. The van der Waals surface area contributed by atoms with E-state index in [0.29, 0.717) is 12.5 Å². The smallest absolute Gasteiger partial charge is 0.343 e. The van der Waals surface area contributed by atoms with E-state index in [1.54, 1.807) is 5.32 Å². The first-order chi connectivity index (χ1) is 11.7. The van der Waals surface area contributed by atoms with E-state index in [1.807, 2.05) is 0 Å². The van der Waals surface area contributed by atoms with Crippen LogP contribution in [0, 0.1) is 5.92 Å². The van der Waals surface area contributed by atoms with E-state index in [2.05, 4.69) is 10.0 Å². The average molecular weight is 416 g/mol. The molecule has 0 aliphatic carbocycles. The predicted molar refractivity (Wildman–Crippen MR) is 92.9 cm³/mol. The first kappa shape index (κ1) is 22.7. The van der Waals surface area contributed by atoms with Crippen molar-refractivity contribution in [1.82, 2.24) is 15.4 Å². The number of carbonyl (C=O) groups excluding carboxylic acids is 1. The summed E-state index contributed by atoms with van der Waals surface area (Å²) in [4.78, 5) is 11.6. The van der Waals surface area contributed by atoms with Crippen LogP contribution in [0.2, 0.25) is 0 Å². The Morgan fingerprint density at radius 1 is 1.23 bits per heavy atom. The number of sulfonamides is 1. The largest absolute Gasteiger partial charge is 0.405 e. The number of hydrogen-bond acceptors (Lipinski definition) is 4. The number of benzene rings is 1. The molecular formula is C15H21ClF3N3O3S. The Labute approximate surface area is 156 Å². The van der Waals surface area contributed by atoms with Crippen LogP contribution in [0.25, 0.3) is 0 Å². The Morgan fingerprint density at radius 2 is 1.88 bits per heavy atom. The number of rotatable bonds is 7. The van der Waals surface area contributed by atoms with Gasteiger partial charge in [0, 0.05) is 12.1 Å². The molecule has 11 heteroatoms. The molecule has 1 amide bonds. The van der Waals surface area contributed by atoms with E-state index in [0.717, 1.165) is 25.9 Å². The molecule has 26 heavy (non-hydrogen) atoms. The SMILES string of the molecule is Cl.O=C(NCC(F)(F)F)c1ccc(S(=O)(=O)NCCC2CCNC2)cc1. The maximum absolute atomic E-state index is 12.2. The van der Waals surface area contributed by atoms with Gasteiger partial charge in [0.25, 0.3) is 5.91 Å². The third-order valence-electron chi connectivity index (χ3n) is 3.88. The van der Waals surface area contributed by atoms with Gasteiger partial charge in [0.15, 0.2) is 0 Å². The summed E-state index contributed by atoms with van der Waals surface area (Å²) in [6.07, 6.45) is -2.76. The van der Waals surface area contributed by atoms with Crippen molar-refractivity contribution in [3.05, 3.63) is 29.8 Å². The monoisotopic (exact) mass is 415 g/mol. The Balaban J connectivity index is 0.00000338. The van der Waals surface area contributed by atoms with Gasteiger partial charge in [-0.15, -0.1) is 12.4 Å². The predicted octanol–water partition coefficient (Wildman–Crippen LogP) is 1.68. The van der Waals surface area contributed by atoms with Gasteiger partial charge >= 0.3 is 6.18 Å². The maximum Gasteiger partial charge on any atom is 0.405 e. The highest BCUT2D eigenvalue weighted by atomic mass is 35.5. The Morgan fingerprint density at radius 3 is 2.42 bits per heavy atom. The second-order valence-electron chi connectivity index (χ2n) is 5.87. The lowest BCUT2D eigenvalue weighted by atomic mass is 10.1. The Bertz CT molecular complexity index is 690. The minimum Gasteiger partial charge on any atom is -0.343 e. The number of carbonyl (C=O) groups is 1. The number of halogens is 4. The summed E-state index contributed by atoms with van der Waals surface area (Å²) in [5.74, 6) is -0.467. The topological polar surface area (TPSA) is 87.3 Å². The zero-order chi connectivity index (χ0) is 18.5. The van der Waals surface area contributed by atoms with Crippen LogP contribution in [0.4, 0.5) is 13.2 Å². The minimum absolute atomic E-state index is 0. The fraction of sp³-hybridized carbons (Fsp3) is 0.533. The third-order valence-corrected chi connectivity index (χ3v) is 5.36. The summed E-state index contributed by atoms with van der Waals surface area (Å²) < 4.78 is 63.1. The maximum atomic E-state index is 12.2. The summed E-state index contributed by atoms with van der Waals surface area (Å²) in [5.41, 5.74) is -0.0415. The van der Waals surface area contributed by atoms with Gasteiger partial charge in [-0.25, -0.2) is 13.1 Å². The van der Waals surface area contributed by atoms with E-state index in [-0.39, 0.29) is 22.9 Å².